The predicted octanol–water partition coefficient (Wildman–Crippen LogP) is 3.22. The third-order valence-corrected chi connectivity index (χ3v) is 3.77. The number of nitrogens with two attached hydrogens (primary N) is 1. The van der Waals surface area contributed by atoms with Crippen molar-refractivity contribution in [2.24, 2.45) is 5.73 Å². The van der Waals surface area contributed by atoms with Crippen LogP contribution in [0.1, 0.15) is 34.3 Å². The lowest BCUT2D eigenvalue weighted by Gasteiger charge is -2.25. The highest BCUT2D eigenvalue weighted by molar-refractivity contribution is 5.38. The van der Waals surface area contributed by atoms with E-state index in [4.69, 9.17) is 5.73 Å². The third-order valence-electron chi connectivity index (χ3n) is 3.77. The molecular formula is C17H20FNO. The van der Waals surface area contributed by atoms with Crippen molar-refractivity contribution in [3.05, 3.63) is 70.5 Å². The van der Waals surface area contributed by atoms with Crippen LogP contribution in [0.5, 0.6) is 0 Å². The van der Waals surface area contributed by atoms with E-state index < -0.39 is 6.10 Å². The summed E-state index contributed by atoms with van der Waals surface area (Å²) in [6, 6.07) is 12.1. The molecule has 0 bridgehead atoms. The summed E-state index contributed by atoms with van der Waals surface area (Å²) in [5.41, 5.74) is 9.67. The summed E-state index contributed by atoms with van der Waals surface area (Å²) in [7, 11) is 0. The first-order valence-corrected chi connectivity index (χ1v) is 6.74. The lowest BCUT2D eigenvalue weighted by atomic mass is 9.85. The Labute approximate surface area is 119 Å². The smallest absolute Gasteiger partial charge is 0.123 e. The van der Waals surface area contributed by atoms with E-state index in [0.717, 1.165) is 22.3 Å². The maximum absolute atomic E-state index is 13.0. The molecule has 2 rings (SSSR count). The number of aliphatic hydroxyl groups excluding tert-OH is 1. The lowest BCUT2D eigenvalue weighted by Crippen LogP contribution is -2.21. The van der Waals surface area contributed by atoms with Crippen LogP contribution < -0.4 is 5.73 Å². The van der Waals surface area contributed by atoms with E-state index in [1.54, 1.807) is 12.1 Å². The van der Waals surface area contributed by atoms with Gasteiger partial charge in [-0.2, -0.15) is 0 Å². The monoisotopic (exact) mass is 273 g/mol. The van der Waals surface area contributed by atoms with E-state index in [0.29, 0.717) is 6.54 Å². The van der Waals surface area contributed by atoms with Crippen molar-refractivity contribution in [1.82, 2.24) is 0 Å². The van der Waals surface area contributed by atoms with E-state index in [1.807, 2.05) is 32.0 Å². The minimum atomic E-state index is -0.688. The van der Waals surface area contributed by atoms with Crippen molar-refractivity contribution < 1.29 is 9.50 Å². The van der Waals surface area contributed by atoms with E-state index >= 15 is 0 Å². The van der Waals surface area contributed by atoms with Crippen LogP contribution in [-0.4, -0.2) is 11.7 Å². The fourth-order valence-electron chi connectivity index (χ4n) is 2.65. The third kappa shape index (κ3) is 2.89. The number of aryl methyl sites for hydroxylation is 2. The topological polar surface area (TPSA) is 46.2 Å². The minimum absolute atomic E-state index is 0.240. The van der Waals surface area contributed by atoms with E-state index in [2.05, 4.69) is 0 Å². The molecule has 3 heteroatoms. The van der Waals surface area contributed by atoms with E-state index in [9.17, 15) is 9.50 Å². The number of benzene rings is 2. The van der Waals surface area contributed by atoms with Crippen LogP contribution in [0.2, 0.25) is 0 Å². The Morgan fingerprint density at radius 2 is 1.60 bits per heavy atom. The standard InChI is InChI=1S/C17H20FNO/c1-11-4-3-5-12(2)16(11)17(20)15(10-19)13-6-8-14(18)9-7-13/h3-9,15,17,20H,10,19H2,1-2H3. The zero-order valence-electron chi connectivity index (χ0n) is 11.8. The molecule has 0 aromatic heterocycles. The quantitative estimate of drug-likeness (QED) is 0.898. The van der Waals surface area contributed by atoms with Crippen LogP contribution in [-0.2, 0) is 0 Å². The molecule has 2 atom stereocenters. The molecule has 0 saturated heterocycles. The fraction of sp³-hybridized carbons (Fsp3) is 0.294. The maximum Gasteiger partial charge on any atom is 0.123 e. The number of hydrogen-bond donors (Lipinski definition) is 2. The van der Waals surface area contributed by atoms with Gasteiger partial charge in [0.15, 0.2) is 0 Å². The highest BCUT2D eigenvalue weighted by Gasteiger charge is 2.24. The Kier molecular flexibility index (Phi) is 4.53. The lowest BCUT2D eigenvalue weighted by molar-refractivity contribution is 0.146. The molecule has 2 nitrogen and oxygen atoms in total. The van der Waals surface area contributed by atoms with Gasteiger partial charge in [0.1, 0.15) is 5.82 Å². The van der Waals surface area contributed by atoms with E-state index in [-0.39, 0.29) is 11.7 Å². The Morgan fingerprint density at radius 3 is 2.10 bits per heavy atom. The first-order chi connectivity index (χ1) is 9.54. The molecule has 0 saturated carbocycles. The Balaban J connectivity index is 2.39. The molecule has 2 aromatic carbocycles. The highest BCUT2D eigenvalue weighted by atomic mass is 19.1. The largest absolute Gasteiger partial charge is 0.388 e. The number of aliphatic hydroxyl groups is 1. The van der Waals surface area contributed by atoms with Gasteiger partial charge in [0.2, 0.25) is 0 Å². The summed E-state index contributed by atoms with van der Waals surface area (Å²) in [5, 5.41) is 10.7. The second-order valence-corrected chi connectivity index (χ2v) is 5.14. The van der Waals surface area contributed by atoms with Crippen LogP contribution in [0.15, 0.2) is 42.5 Å². The van der Waals surface area contributed by atoms with Crippen LogP contribution >= 0.6 is 0 Å². The minimum Gasteiger partial charge on any atom is -0.388 e. The summed E-state index contributed by atoms with van der Waals surface area (Å²) in [6.07, 6.45) is -0.688. The SMILES string of the molecule is Cc1cccc(C)c1C(O)C(CN)c1ccc(F)cc1. The molecule has 20 heavy (non-hydrogen) atoms. The summed E-state index contributed by atoms with van der Waals surface area (Å²) in [6.45, 7) is 4.26. The molecule has 2 unspecified atom stereocenters. The van der Waals surface area contributed by atoms with Crippen LogP contribution in [0.3, 0.4) is 0 Å². The molecule has 106 valence electrons. The summed E-state index contributed by atoms with van der Waals surface area (Å²) in [4.78, 5) is 0. The van der Waals surface area contributed by atoms with Crippen molar-refractivity contribution in [3.8, 4) is 0 Å². The molecule has 0 amide bonds. The van der Waals surface area contributed by atoms with Gasteiger partial charge in [0.25, 0.3) is 0 Å². The van der Waals surface area contributed by atoms with Crippen LogP contribution in [0.25, 0.3) is 0 Å². The number of halogens is 1. The van der Waals surface area contributed by atoms with Gasteiger partial charge in [0.05, 0.1) is 6.10 Å². The molecule has 0 aliphatic rings. The second kappa shape index (κ2) is 6.16. The molecule has 0 radical (unpaired) electrons. The first kappa shape index (κ1) is 14.7. The normalized spacial score (nSPS) is 14.1. The fourth-order valence-corrected chi connectivity index (χ4v) is 2.65. The van der Waals surface area contributed by atoms with Gasteiger partial charge >= 0.3 is 0 Å². The van der Waals surface area contributed by atoms with Crippen LogP contribution in [0.4, 0.5) is 4.39 Å². The highest BCUT2D eigenvalue weighted by Crippen LogP contribution is 2.33. The van der Waals surface area contributed by atoms with Gasteiger partial charge < -0.3 is 10.8 Å². The zero-order valence-corrected chi connectivity index (χ0v) is 11.8. The van der Waals surface area contributed by atoms with Gasteiger partial charge in [-0.1, -0.05) is 30.3 Å². The number of rotatable bonds is 4. The van der Waals surface area contributed by atoms with Crippen molar-refractivity contribution >= 4 is 0 Å². The van der Waals surface area contributed by atoms with Gasteiger partial charge in [-0.3, -0.25) is 0 Å². The molecule has 0 aliphatic carbocycles. The predicted molar refractivity (Wildman–Crippen MR) is 79.1 cm³/mol. The van der Waals surface area contributed by atoms with Gasteiger partial charge in [0, 0.05) is 12.5 Å². The van der Waals surface area contributed by atoms with Gasteiger partial charge in [-0.25, -0.2) is 4.39 Å². The Morgan fingerprint density at radius 1 is 1.05 bits per heavy atom. The average Bonchev–Trinajstić information content (AvgIpc) is 2.41. The summed E-state index contributed by atoms with van der Waals surface area (Å²) >= 11 is 0. The molecule has 3 N–H and O–H groups in total. The van der Waals surface area contributed by atoms with Crippen molar-refractivity contribution in [2.45, 2.75) is 25.9 Å². The van der Waals surface area contributed by atoms with Gasteiger partial charge in [-0.05, 0) is 48.2 Å². The molecule has 2 aromatic rings. The summed E-state index contributed by atoms with van der Waals surface area (Å²) < 4.78 is 13.0. The molecule has 0 spiro atoms. The summed E-state index contributed by atoms with van der Waals surface area (Å²) in [5.74, 6) is -0.526. The van der Waals surface area contributed by atoms with E-state index in [1.165, 1.54) is 12.1 Å². The second-order valence-electron chi connectivity index (χ2n) is 5.14. The van der Waals surface area contributed by atoms with Crippen LogP contribution in [0, 0.1) is 19.7 Å². The maximum atomic E-state index is 13.0. The van der Waals surface area contributed by atoms with Crippen molar-refractivity contribution in [3.63, 3.8) is 0 Å². The molecule has 0 aliphatic heterocycles. The molecular weight excluding hydrogens is 253 g/mol. The molecule has 0 heterocycles. The van der Waals surface area contributed by atoms with Gasteiger partial charge in [-0.15, -0.1) is 0 Å². The van der Waals surface area contributed by atoms with Crippen molar-refractivity contribution in [1.29, 1.82) is 0 Å². The molecule has 0 fully saturated rings. The van der Waals surface area contributed by atoms with Crippen molar-refractivity contribution in [2.75, 3.05) is 6.54 Å². The first-order valence-electron chi connectivity index (χ1n) is 6.74. The Hall–Kier alpha value is -1.71. The Bertz CT molecular complexity index is 560. The average molecular weight is 273 g/mol. The zero-order chi connectivity index (χ0) is 14.7. The number of hydrogen-bond acceptors (Lipinski definition) is 2.